The minimum Gasteiger partial charge on any atom is -0.352 e. The number of amides is 4. The standard InChI is InChI=1S/C23H24N4O4/c1-14-25-17-9-5-8-16(13-24-20(29)12-15-6-3-2-4-7-15)21(17)23(31)27(14)18-10-11-19(28)26-22(18)30/h2-9,17-18,21H,10-13H2,1H3,(H,24,29)(H,26,28,30). The van der Waals surface area contributed by atoms with E-state index in [1.807, 2.05) is 48.6 Å². The summed E-state index contributed by atoms with van der Waals surface area (Å²) < 4.78 is 0. The second-order valence-electron chi connectivity index (χ2n) is 7.89. The summed E-state index contributed by atoms with van der Waals surface area (Å²) in [4.78, 5) is 55.7. The molecule has 2 N–H and O–H groups in total. The van der Waals surface area contributed by atoms with Crippen molar-refractivity contribution in [1.82, 2.24) is 15.5 Å². The Balaban J connectivity index is 1.47. The maximum Gasteiger partial charge on any atom is 0.249 e. The number of nitrogens with zero attached hydrogens (tertiary/aromatic N) is 2. The summed E-state index contributed by atoms with van der Waals surface area (Å²) in [5, 5.41) is 5.19. The lowest BCUT2D eigenvalue weighted by Gasteiger charge is -2.41. The smallest absolute Gasteiger partial charge is 0.249 e. The Labute approximate surface area is 180 Å². The molecule has 2 heterocycles. The van der Waals surface area contributed by atoms with Gasteiger partial charge in [-0.15, -0.1) is 0 Å². The molecular weight excluding hydrogens is 396 g/mol. The first-order valence-corrected chi connectivity index (χ1v) is 10.3. The van der Waals surface area contributed by atoms with Crippen molar-refractivity contribution in [2.45, 2.75) is 38.3 Å². The van der Waals surface area contributed by atoms with Crippen LogP contribution in [-0.4, -0.2) is 53.0 Å². The van der Waals surface area contributed by atoms with Crippen molar-refractivity contribution in [3.8, 4) is 0 Å². The van der Waals surface area contributed by atoms with Crippen LogP contribution < -0.4 is 10.6 Å². The number of amidine groups is 1. The molecule has 0 saturated carbocycles. The number of aliphatic imine (C=N–C) groups is 1. The number of carbonyl (C=O) groups is 4. The summed E-state index contributed by atoms with van der Waals surface area (Å²) >= 11 is 0. The number of hydrogen-bond donors (Lipinski definition) is 2. The van der Waals surface area contributed by atoms with Gasteiger partial charge in [0.05, 0.1) is 18.4 Å². The summed E-state index contributed by atoms with van der Waals surface area (Å²) in [5.41, 5.74) is 1.65. The van der Waals surface area contributed by atoms with Crippen LogP contribution in [0.5, 0.6) is 0 Å². The van der Waals surface area contributed by atoms with Crippen LogP contribution in [0.3, 0.4) is 0 Å². The molecule has 3 atom stereocenters. The van der Waals surface area contributed by atoms with E-state index in [-0.39, 0.29) is 49.6 Å². The molecule has 1 saturated heterocycles. The maximum absolute atomic E-state index is 13.4. The summed E-state index contributed by atoms with van der Waals surface area (Å²) in [5.74, 6) is -1.31. The van der Waals surface area contributed by atoms with Crippen molar-refractivity contribution in [3.63, 3.8) is 0 Å². The Bertz CT molecular complexity index is 1010. The van der Waals surface area contributed by atoms with Gasteiger partial charge in [0.1, 0.15) is 11.9 Å². The van der Waals surface area contributed by atoms with E-state index in [1.54, 1.807) is 6.92 Å². The van der Waals surface area contributed by atoms with Crippen LogP contribution in [0.2, 0.25) is 0 Å². The molecule has 4 amide bonds. The summed E-state index contributed by atoms with van der Waals surface area (Å²) in [6.45, 7) is 1.92. The molecule has 160 valence electrons. The lowest BCUT2D eigenvalue weighted by atomic mass is 9.84. The molecule has 1 aromatic rings. The van der Waals surface area contributed by atoms with E-state index in [1.165, 1.54) is 4.90 Å². The molecule has 3 unspecified atom stereocenters. The SMILES string of the molecule is CC1=NC2C=CC=C(CNC(=O)Cc3ccccc3)C2C(=O)N1C1CCC(=O)NC1=O. The van der Waals surface area contributed by atoms with Crippen LogP contribution >= 0.6 is 0 Å². The number of nitrogens with one attached hydrogen (secondary N) is 2. The Morgan fingerprint density at radius 1 is 1.23 bits per heavy atom. The van der Waals surface area contributed by atoms with E-state index in [2.05, 4.69) is 15.6 Å². The molecule has 2 aliphatic heterocycles. The first-order chi connectivity index (χ1) is 14.9. The van der Waals surface area contributed by atoms with Crippen molar-refractivity contribution >= 4 is 29.5 Å². The number of carbonyl (C=O) groups excluding carboxylic acids is 4. The van der Waals surface area contributed by atoms with Crippen molar-refractivity contribution in [2.24, 2.45) is 10.9 Å². The van der Waals surface area contributed by atoms with Crippen molar-refractivity contribution in [3.05, 3.63) is 59.7 Å². The summed E-state index contributed by atoms with van der Waals surface area (Å²) in [6.07, 6.45) is 6.21. The highest BCUT2D eigenvalue weighted by Crippen LogP contribution is 2.31. The minimum absolute atomic E-state index is 0.136. The number of rotatable bonds is 5. The molecule has 1 fully saturated rings. The highest BCUT2D eigenvalue weighted by Gasteiger charge is 2.44. The Morgan fingerprint density at radius 3 is 2.74 bits per heavy atom. The topological polar surface area (TPSA) is 108 Å². The largest absolute Gasteiger partial charge is 0.352 e. The van der Waals surface area contributed by atoms with Gasteiger partial charge >= 0.3 is 0 Å². The summed E-state index contributed by atoms with van der Waals surface area (Å²) in [6, 6.07) is 8.30. The molecule has 0 spiro atoms. The Morgan fingerprint density at radius 2 is 2.00 bits per heavy atom. The van der Waals surface area contributed by atoms with E-state index in [9.17, 15) is 19.2 Å². The fourth-order valence-electron chi connectivity index (χ4n) is 4.26. The van der Waals surface area contributed by atoms with Gasteiger partial charge in [0.25, 0.3) is 0 Å². The van der Waals surface area contributed by atoms with Crippen LogP contribution in [0.25, 0.3) is 0 Å². The van der Waals surface area contributed by atoms with Crippen molar-refractivity contribution in [1.29, 1.82) is 0 Å². The van der Waals surface area contributed by atoms with E-state index in [0.29, 0.717) is 5.84 Å². The van der Waals surface area contributed by atoms with Crippen LogP contribution in [0.1, 0.15) is 25.3 Å². The molecule has 1 aromatic carbocycles. The predicted molar refractivity (Wildman–Crippen MR) is 114 cm³/mol. The Hall–Kier alpha value is -3.55. The first kappa shape index (κ1) is 20.7. The fraction of sp³-hybridized carbons (Fsp3) is 0.348. The number of allylic oxidation sites excluding steroid dienone is 2. The second-order valence-corrected chi connectivity index (χ2v) is 7.89. The zero-order valence-corrected chi connectivity index (χ0v) is 17.2. The minimum atomic E-state index is -0.755. The van der Waals surface area contributed by atoms with E-state index in [4.69, 9.17) is 0 Å². The lowest BCUT2D eigenvalue weighted by Crippen LogP contribution is -2.60. The van der Waals surface area contributed by atoms with Crippen LogP contribution in [0, 0.1) is 5.92 Å². The van der Waals surface area contributed by atoms with Crippen LogP contribution in [-0.2, 0) is 25.6 Å². The number of benzene rings is 1. The number of hydrogen-bond acceptors (Lipinski definition) is 5. The molecule has 0 radical (unpaired) electrons. The normalized spacial score (nSPS) is 25.4. The van der Waals surface area contributed by atoms with Gasteiger partial charge < -0.3 is 5.32 Å². The zero-order valence-electron chi connectivity index (χ0n) is 17.2. The lowest BCUT2D eigenvalue weighted by molar-refractivity contribution is -0.144. The number of imide groups is 1. The molecule has 8 nitrogen and oxygen atoms in total. The Kier molecular flexibility index (Phi) is 5.79. The summed E-state index contributed by atoms with van der Waals surface area (Å²) in [7, 11) is 0. The molecule has 31 heavy (non-hydrogen) atoms. The third kappa shape index (κ3) is 4.33. The van der Waals surface area contributed by atoms with Gasteiger partial charge in [-0.25, -0.2) is 0 Å². The van der Waals surface area contributed by atoms with Gasteiger partial charge in [0.15, 0.2) is 0 Å². The van der Waals surface area contributed by atoms with E-state index >= 15 is 0 Å². The van der Waals surface area contributed by atoms with Gasteiger partial charge in [-0.2, -0.15) is 0 Å². The highest BCUT2D eigenvalue weighted by molar-refractivity contribution is 6.09. The zero-order chi connectivity index (χ0) is 22.0. The molecule has 8 heteroatoms. The molecule has 1 aliphatic carbocycles. The van der Waals surface area contributed by atoms with Crippen LogP contribution in [0.4, 0.5) is 0 Å². The monoisotopic (exact) mass is 420 g/mol. The van der Waals surface area contributed by atoms with Crippen molar-refractivity contribution < 1.29 is 19.2 Å². The average molecular weight is 420 g/mol. The second kappa shape index (κ2) is 8.67. The number of piperidine rings is 1. The van der Waals surface area contributed by atoms with E-state index < -0.39 is 17.9 Å². The van der Waals surface area contributed by atoms with Gasteiger partial charge in [-0.05, 0) is 24.5 Å². The molecular formula is C23H24N4O4. The fourth-order valence-corrected chi connectivity index (χ4v) is 4.26. The number of fused-ring (bicyclic) bond motifs is 1. The predicted octanol–water partition coefficient (Wildman–Crippen LogP) is 0.892. The van der Waals surface area contributed by atoms with Gasteiger partial charge in [-0.1, -0.05) is 48.6 Å². The van der Waals surface area contributed by atoms with Gasteiger partial charge in [-0.3, -0.25) is 34.4 Å². The third-order valence-electron chi connectivity index (χ3n) is 5.77. The van der Waals surface area contributed by atoms with Crippen LogP contribution in [0.15, 0.2) is 59.1 Å². The molecule has 4 rings (SSSR count). The van der Waals surface area contributed by atoms with Gasteiger partial charge in [0.2, 0.25) is 23.6 Å². The highest BCUT2D eigenvalue weighted by atomic mass is 16.2. The molecule has 0 aromatic heterocycles. The van der Waals surface area contributed by atoms with Crippen molar-refractivity contribution in [2.75, 3.05) is 6.54 Å². The molecule has 0 bridgehead atoms. The quantitative estimate of drug-likeness (QED) is 0.690. The van der Waals surface area contributed by atoms with Gasteiger partial charge in [0, 0.05) is 13.0 Å². The molecule has 3 aliphatic rings. The third-order valence-corrected chi connectivity index (χ3v) is 5.77. The van der Waals surface area contributed by atoms with E-state index in [0.717, 1.165) is 11.1 Å². The average Bonchev–Trinajstić information content (AvgIpc) is 2.74. The first-order valence-electron chi connectivity index (χ1n) is 10.3. The maximum atomic E-state index is 13.4.